The molecule has 0 radical (unpaired) electrons. The van der Waals surface area contributed by atoms with Gasteiger partial charge < -0.3 is 15.2 Å². The Balaban J connectivity index is 2.89. The highest BCUT2D eigenvalue weighted by atomic mass is 16.6. The largest absolute Gasteiger partial charge is 0.491 e. The molecule has 0 amide bonds. The Hall–Kier alpha value is -1.98. The van der Waals surface area contributed by atoms with Crippen molar-refractivity contribution in [1.82, 2.24) is 0 Å². The van der Waals surface area contributed by atoms with E-state index in [1.807, 2.05) is 13.8 Å². The third-order valence-corrected chi connectivity index (χ3v) is 2.80. The Labute approximate surface area is 119 Å². The Morgan fingerprint density at radius 1 is 1.10 bits per heavy atom. The van der Waals surface area contributed by atoms with Crippen molar-refractivity contribution in [3.05, 3.63) is 22.2 Å². The summed E-state index contributed by atoms with van der Waals surface area (Å²) < 4.78 is 10.9. The molecule has 0 aliphatic heterocycles. The molecular formula is C14H22N2O4. The fourth-order valence-corrected chi connectivity index (χ4v) is 1.60. The van der Waals surface area contributed by atoms with Crippen molar-refractivity contribution in [2.24, 2.45) is 0 Å². The van der Waals surface area contributed by atoms with E-state index in [9.17, 15) is 10.1 Å². The van der Waals surface area contributed by atoms with Crippen molar-refractivity contribution < 1.29 is 14.4 Å². The van der Waals surface area contributed by atoms with Crippen molar-refractivity contribution in [2.45, 2.75) is 39.5 Å². The summed E-state index contributed by atoms with van der Waals surface area (Å²) in [5.41, 5.74) is 6.10. The van der Waals surface area contributed by atoms with Gasteiger partial charge in [0.2, 0.25) is 0 Å². The first kappa shape index (κ1) is 16.1. The molecule has 0 aliphatic carbocycles. The van der Waals surface area contributed by atoms with E-state index in [0.29, 0.717) is 24.7 Å². The summed E-state index contributed by atoms with van der Waals surface area (Å²) in [4.78, 5) is 10.6. The maximum Gasteiger partial charge on any atom is 0.314 e. The number of hydrogen-bond donors (Lipinski definition) is 1. The number of rotatable bonds is 9. The molecule has 112 valence electrons. The highest BCUT2D eigenvalue weighted by Crippen LogP contribution is 2.36. The average molecular weight is 282 g/mol. The van der Waals surface area contributed by atoms with Gasteiger partial charge in [-0.2, -0.15) is 0 Å². The van der Waals surface area contributed by atoms with Gasteiger partial charge in [0.05, 0.1) is 29.9 Å². The minimum Gasteiger partial charge on any atom is -0.491 e. The molecule has 0 aliphatic rings. The Morgan fingerprint density at radius 3 is 2.15 bits per heavy atom. The number of benzene rings is 1. The number of nitrogen functional groups attached to an aromatic ring is 1. The topological polar surface area (TPSA) is 87.6 Å². The van der Waals surface area contributed by atoms with Gasteiger partial charge in [0.25, 0.3) is 0 Å². The van der Waals surface area contributed by atoms with Crippen LogP contribution in [0.4, 0.5) is 11.4 Å². The summed E-state index contributed by atoms with van der Waals surface area (Å²) in [5.74, 6) is 0.539. The van der Waals surface area contributed by atoms with Crippen LogP contribution in [-0.4, -0.2) is 18.1 Å². The van der Waals surface area contributed by atoms with Gasteiger partial charge in [0.15, 0.2) is 5.75 Å². The van der Waals surface area contributed by atoms with Crippen LogP contribution in [-0.2, 0) is 0 Å². The van der Waals surface area contributed by atoms with E-state index in [4.69, 9.17) is 15.2 Å². The second-order valence-corrected chi connectivity index (χ2v) is 4.52. The fourth-order valence-electron chi connectivity index (χ4n) is 1.60. The molecule has 6 heteroatoms. The molecule has 0 fully saturated rings. The van der Waals surface area contributed by atoms with Crippen LogP contribution in [0.1, 0.15) is 39.5 Å². The summed E-state index contributed by atoms with van der Waals surface area (Å²) in [6.07, 6.45) is 3.66. The number of hydrogen-bond acceptors (Lipinski definition) is 5. The zero-order chi connectivity index (χ0) is 15.0. The molecule has 1 aromatic carbocycles. The number of anilines is 1. The van der Waals surface area contributed by atoms with Crippen molar-refractivity contribution in [3.8, 4) is 11.5 Å². The van der Waals surface area contributed by atoms with E-state index in [-0.39, 0.29) is 11.4 Å². The van der Waals surface area contributed by atoms with Crippen molar-refractivity contribution in [2.75, 3.05) is 18.9 Å². The van der Waals surface area contributed by atoms with Gasteiger partial charge in [0, 0.05) is 6.07 Å². The predicted molar refractivity (Wildman–Crippen MR) is 78.3 cm³/mol. The first-order valence-electron chi connectivity index (χ1n) is 6.93. The smallest absolute Gasteiger partial charge is 0.314 e. The van der Waals surface area contributed by atoms with Crippen LogP contribution in [0.3, 0.4) is 0 Å². The quantitative estimate of drug-likeness (QED) is 0.324. The standard InChI is InChI=1S/C14H22N2O4/c1-3-5-7-19-13-10-12(16(17)18)14(9-11(13)15)20-8-6-4-2/h9-10H,3-8,15H2,1-2H3. The lowest BCUT2D eigenvalue weighted by Crippen LogP contribution is -2.04. The lowest BCUT2D eigenvalue weighted by Gasteiger charge is -2.11. The zero-order valence-electron chi connectivity index (χ0n) is 12.1. The number of ether oxygens (including phenoxy) is 2. The monoisotopic (exact) mass is 282 g/mol. The molecule has 20 heavy (non-hydrogen) atoms. The van der Waals surface area contributed by atoms with Gasteiger partial charge in [-0.1, -0.05) is 26.7 Å². The van der Waals surface area contributed by atoms with Crippen LogP contribution >= 0.6 is 0 Å². The molecule has 0 saturated heterocycles. The number of unbranched alkanes of at least 4 members (excludes halogenated alkanes) is 2. The summed E-state index contributed by atoms with van der Waals surface area (Å²) in [5, 5.41) is 11.1. The fraction of sp³-hybridized carbons (Fsp3) is 0.571. The summed E-state index contributed by atoms with van der Waals surface area (Å²) in [6, 6.07) is 2.81. The van der Waals surface area contributed by atoms with E-state index < -0.39 is 4.92 Å². The van der Waals surface area contributed by atoms with Gasteiger partial charge in [-0.15, -0.1) is 0 Å². The Kier molecular flexibility index (Phi) is 6.63. The third kappa shape index (κ3) is 4.60. The molecule has 6 nitrogen and oxygen atoms in total. The Bertz CT molecular complexity index is 449. The van der Waals surface area contributed by atoms with Crippen LogP contribution < -0.4 is 15.2 Å². The minimum atomic E-state index is -0.479. The molecule has 1 rings (SSSR count). The van der Waals surface area contributed by atoms with E-state index in [2.05, 4.69) is 0 Å². The van der Waals surface area contributed by atoms with Crippen LogP contribution in [0, 0.1) is 10.1 Å². The molecule has 2 N–H and O–H groups in total. The summed E-state index contributed by atoms with van der Waals surface area (Å²) in [7, 11) is 0. The van der Waals surface area contributed by atoms with E-state index >= 15 is 0 Å². The first-order valence-corrected chi connectivity index (χ1v) is 6.93. The van der Waals surface area contributed by atoms with Crippen LogP contribution in [0.5, 0.6) is 11.5 Å². The minimum absolute atomic E-state index is 0.109. The number of nitrogens with zero attached hydrogens (tertiary/aromatic N) is 1. The maximum absolute atomic E-state index is 11.1. The SMILES string of the molecule is CCCCOc1cc([N+](=O)[O-])c(OCCCC)cc1N. The average Bonchev–Trinajstić information content (AvgIpc) is 2.41. The lowest BCUT2D eigenvalue weighted by atomic mass is 10.2. The van der Waals surface area contributed by atoms with Gasteiger partial charge in [-0.25, -0.2) is 0 Å². The molecular weight excluding hydrogens is 260 g/mol. The van der Waals surface area contributed by atoms with E-state index in [1.165, 1.54) is 12.1 Å². The second kappa shape index (κ2) is 8.24. The molecule has 0 atom stereocenters. The lowest BCUT2D eigenvalue weighted by molar-refractivity contribution is -0.385. The number of nitro groups is 1. The summed E-state index contributed by atoms with van der Waals surface area (Å²) in [6.45, 7) is 5.00. The van der Waals surface area contributed by atoms with Crippen molar-refractivity contribution in [1.29, 1.82) is 0 Å². The maximum atomic E-state index is 11.1. The highest BCUT2D eigenvalue weighted by molar-refractivity contribution is 5.64. The molecule has 0 aromatic heterocycles. The van der Waals surface area contributed by atoms with Crippen molar-refractivity contribution >= 4 is 11.4 Å². The number of nitro benzene ring substituents is 1. The molecule has 0 spiro atoms. The van der Waals surface area contributed by atoms with Crippen LogP contribution in [0.15, 0.2) is 12.1 Å². The van der Waals surface area contributed by atoms with Crippen molar-refractivity contribution in [3.63, 3.8) is 0 Å². The molecule has 0 heterocycles. The van der Waals surface area contributed by atoms with Crippen LogP contribution in [0.25, 0.3) is 0 Å². The molecule has 0 unspecified atom stereocenters. The molecule has 1 aromatic rings. The first-order chi connectivity index (χ1) is 9.60. The Morgan fingerprint density at radius 2 is 1.65 bits per heavy atom. The molecule has 0 saturated carbocycles. The van der Waals surface area contributed by atoms with E-state index in [0.717, 1.165) is 25.7 Å². The van der Waals surface area contributed by atoms with Gasteiger partial charge in [-0.3, -0.25) is 10.1 Å². The summed E-state index contributed by atoms with van der Waals surface area (Å²) >= 11 is 0. The normalized spacial score (nSPS) is 10.3. The highest BCUT2D eigenvalue weighted by Gasteiger charge is 2.19. The van der Waals surface area contributed by atoms with Gasteiger partial charge in [0.1, 0.15) is 5.75 Å². The zero-order valence-corrected chi connectivity index (χ0v) is 12.1. The van der Waals surface area contributed by atoms with E-state index in [1.54, 1.807) is 0 Å². The second-order valence-electron chi connectivity index (χ2n) is 4.52. The number of nitrogens with two attached hydrogens (primary N) is 1. The third-order valence-electron chi connectivity index (χ3n) is 2.80. The van der Waals surface area contributed by atoms with Gasteiger partial charge >= 0.3 is 5.69 Å². The van der Waals surface area contributed by atoms with Gasteiger partial charge in [-0.05, 0) is 12.8 Å². The van der Waals surface area contributed by atoms with Crippen LogP contribution in [0.2, 0.25) is 0 Å². The predicted octanol–water partition coefficient (Wildman–Crippen LogP) is 3.53. The molecule has 0 bridgehead atoms.